The Bertz CT molecular complexity index is 1110. The van der Waals surface area contributed by atoms with Gasteiger partial charge in [-0.3, -0.25) is 0 Å². The van der Waals surface area contributed by atoms with Crippen molar-refractivity contribution >= 4 is 15.7 Å². The summed E-state index contributed by atoms with van der Waals surface area (Å²) in [5.41, 5.74) is -0.286. The van der Waals surface area contributed by atoms with E-state index in [9.17, 15) is 21.6 Å². The van der Waals surface area contributed by atoms with Crippen LogP contribution in [0.1, 0.15) is 11.3 Å². The molecule has 3 rings (SSSR count). The van der Waals surface area contributed by atoms with E-state index in [0.29, 0.717) is 5.75 Å². The number of rotatable bonds is 6. The number of pyridine rings is 1. The van der Waals surface area contributed by atoms with Crippen LogP contribution in [0.25, 0.3) is 5.65 Å². The molecule has 0 unspecified atom stereocenters. The first-order chi connectivity index (χ1) is 13.1. The standard InChI is InChI=1S/C17H16F3N3O4S/c1-26-14-5-4-13(7-15(14)27-2)28(24,25)21-8-12-10-23-9-11(17(18,19)20)3-6-16(23)22-12/h3-7,9-10,21H,8H2,1-2H3. The maximum Gasteiger partial charge on any atom is 0.417 e. The van der Waals surface area contributed by atoms with Gasteiger partial charge in [-0.1, -0.05) is 0 Å². The van der Waals surface area contributed by atoms with E-state index in [1.165, 1.54) is 49.1 Å². The second kappa shape index (κ2) is 7.32. The third-order valence-electron chi connectivity index (χ3n) is 3.94. The zero-order valence-corrected chi connectivity index (χ0v) is 15.6. The van der Waals surface area contributed by atoms with Crippen LogP contribution in [0.4, 0.5) is 13.2 Å². The van der Waals surface area contributed by atoms with Gasteiger partial charge in [0.15, 0.2) is 11.5 Å². The summed E-state index contributed by atoms with van der Waals surface area (Å²) >= 11 is 0. The average Bonchev–Trinajstić information content (AvgIpc) is 3.07. The molecule has 3 aromatic rings. The molecule has 28 heavy (non-hydrogen) atoms. The molecule has 0 bridgehead atoms. The highest BCUT2D eigenvalue weighted by molar-refractivity contribution is 7.89. The molecule has 0 amide bonds. The SMILES string of the molecule is COc1ccc(S(=O)(=O)NCc2cn3cc(C(F)(F)F)ccc3n2)cc1OC. The summed E-state index contributed by atoms with van der Waals surface area (Å²) in [5, 5.41) is 0. The number of sulfonamides is 1. The van der Waals surface area contributed by atoms with E-state index in [0.717, 1.165) is 12.3 Å². The van der Waals surface area contributed by atoms with Crippen LogP contribution in [0, 0.1) is 0 Å². The number of imidazole rings is 1. The third-order valence-corrected chi connectivity index (χ3v) is 5.34. The van der Waals surface area contributed by atoms with E-state index in [1.54, 1.807) is 0 Å². The number of ether oxygens (including phenoxy) is 2. The first kappa shape index (κ1) is 20.0. The summed E-state index contributed by atoms with van der Waals surface area (Å²) in [5.74, 6) is 0.625. The van der Waals surface area contributed by atoms with Crippen LogP contribution in [-0.4, -0.2) is 32.0 Å². The maximum atomic E-state index is 12.8. The molecule has 0 saturated heterocycles. The lowest BCUT2D eigenvalue weighted by Crippen LogP contribution is -2.23. The van der Waals surface area contributed by atoms with E-state index in [1.807, 2.05) is 0 Å². The Morgan fingerprint density at radius 2 is 1.79 bits per heavy atom. The number of alkyl halides is 3. The molecule has 150 valence electrons. The number of methoxy groups -OCH3 is 2. The topological polar surface area (TPSA) is 81.9 Å². The van der Waals surface area contributed by atoms with Gasteiger partial charge in [0.2, 0.25) is 10.0 Å². The van der Waals surface area contributed by atoms with Gasteiger partial charge in [-0.05, 0) is 24.3 Å². The van der Waals surface area contributed by atoms with E-state index < -0.39 is 21.8 Å². The van der Waals surface area contributed by atoms with Gasteiger partial charge in [0.25, 0.3) is 0 Å². The van der Waals surface area contributed by atoms with E-state index >= 15 is 0 Å². The molecule has 7 nitrogen and oxygen atoms in total. The van der Waals surface area contributed by atoms with Gasteiger partial charge in [-0.15, -0.1) is 0 Å². The highest BCUT2D eigenvalue weighted by Crippen LogP contribution is 2.30. The molecule has 0 radical (unpaired) electrons. The third kappa shape index (κ3) is 4.04. The van der Waals surface area contributed by atoms with Gasteiger partial charge in [0, 0.05) is 18.5 Å². The van der Waals surface area contributed by atoms with Crippen LogP contribution >= 0.6 is 0 Å². The molecule has 2 heterocycles. The number of halogens is 3. The Morgan fingerprint density at radius 3 is 2.43 bits per heavy atom. The summed E-state index contributed by atoms with van der Waals surface area (Å²) < 4.78 is 77.0. The number of benzene rings is 1. The molecular formula is C17H16F3N3O4S. The van der Waals surface area contributed by atoms with Gasteiger partial charge in [-0.25, -0.2) is 18.1 Å². The van der Waals surface area contributed by atoms with Crippen LogP contribution in [-0.2, 0) is 22.7 Å². The van der Waals surface area contributed by atoms with Crippen molar-refractivity contribution in [1.29, 1.82) is 0 Å². The summed E-state index contributed by atoms with van der Waals surface area (Å²) in [6, 6.07) is 6.25. The van der Waals surface area contributed by atoms with Crippen molar-refractivity contribution in [2.45, 2.75) is 17.6 Å². The van der Waals surface area contributed by atoms with E-state index in [4.69, 9.17) is 9.47 Å². The molecule has 0 aliphatic rings. The Kier molecular flexibility index (Phi) is 5.22. The number of nitrogens with one attached hydrogen (secondary N) is 1. The first-order valence-electron chi connectivity index (χ1n) is 7.90. The van der Waals surface area contributed by atoms with Gasteiger partial charge in [0.1, 0.15) is 5.65 Å². The van der Waals surface area contributed by atoms with Gasteiger partial charge in [-0.2, -0.15) is 13.2 Å². The number of aromatic nitrogens is 2. The van der Waals surface area contributed by atoms with Crippen molar-refractivity contribution < 1.29 is 31.1 Å². The minimum atomic E-state index is -4.48. The fourth-order valence-corrected chi connectivity index (χ4v) is 3.55. The first-order valence-corrected chi connectivity index (χ1v) is 9.39. The fourth-order valence-electron chi connectivity index (χ4n) is 2.53. The molecule has 0 aliphatic heterocycles. The summed E-state index contributed by atoms with van der Waals surface area (Å²) in [4.78, 5) is 4.07. The molecule has 0 spiro atoms. The van der Waals surface area contributed by atoms with Crippen molar-refractivity contribution in [2.24, 2.45) is 0 Å². The number of nitrogens with zero attached hydrogens (tertiary/aromatic N) is 2. The minimum absolute atomic E-state index is 0.0479. The van der Waals surface area contributed by atoms with Crippen molar-refractivity contribution in [2.75, 3.05) is 14.2 Å². The van der Waals surface area contributed by atoms with Crippen LogP contribution in [0.3, 0.4) is 0 Å². The lowest BCUT2D eigenvalue weighted by atomic mass is 10.3. The summed E-state index contributed by atoms with van der Waals surface area (Å²) in [6.07, 6.45) is -2.25. The molecule has 2 aromatic heterocycles. The van der Waals surface area contributed by atoms with E-state index in [-0.39, 0.29) is 28.5 Å². The van der Waals surface area contributed by atoms with Crippen molar-refractivity contribution in [3.8, 4) is 11.5 Å². The minimum Gasteiger partial charge on any atom is -0.493 e. The largest absolute Gasteiger partial charge is 0.493 e. The highest BCUT2D eigenvalue weighted by atomic mass is 32.2. The zero-order valence-electron chi connectivity index (χ0n) is 14.8. The van der Waals surface area contributed by atoms with Crippen LogP contribution in [0.5, 0.6) is 11.5 Å². The van der Waals surface area contributed by atoms with Gasteiger partial charge in [0.05, 0.1) is 36.9 Å². The highest BCUT2D eigenvalue weighted by Gasteiger charge is 2.30. The maximum absolute atomic E-state index is 12.8. The monoisotopic (exact) mass is 415 g/mol. The second-order valence-corrected chi connectivity index (χ2v) is 7.52. The van der Waals surface area contributed by atoms with Crippen molar-refractivity contribution in [3.63, 3.8) is 0 Å². The summed E-state index contributed by atoms with van der Waals surface area (Å²) in [6.45, 7) is -0.195. The Balaban J connectivity index is 1.81. The Labute approximate surface area is 158 Å². The molecule has 0 saturated carbocycles. The lowest BCUT2D eigenvalue weighted by Gasteiger charge is -2.10. The molecular weight excluding hydrogens is 399 g/mol. The molecule has 0 atom stereocenters. The Morgan fingerprint density at radius 1 is 1.07 bits per heavy atom. The normalized spacial score (nSPS) is 12.3. The van der Waals surface area contributed by atoms with Crippen molar-refractivity contribution in [1.82, 2.24) is 14.1 Å². The molecule has 11 heteroatoms. The van der Waals surface area contributed by atoms with Crippen LogP contribution in [0.2, 0.25) is 0 Å². The fraction of sp³-hybridized carbons (Fsp3) is 0.235. The van der Waals surface area contributed by atoms with Gasteiger partial charge >= 0.3 is 6.18 Å². The zero-order chi connectivity index (χ0) is 20.5. The van der Waals surface area contributed by atoms with Crippen LogP contribution < -0.4 is 14.2 Å². The molecule has 1 aromatic carbocycles. The average molecular weight is 415 g/mol. The molecule has 1 N–H and O–H groups in total. The number of hydrogen-bond donors (Lipinski definition) is 1. The predicted octanol–water partition coefficient (Wildman–Crippen LogP) is 2.85. The number of hydrogen-bond acceptors (Lipinski definition) is 5. The lowest BCUT2D eigenvalue weighted by molar-refractivity contribution is -0.137. The Hall–Kier alpha value is -2.79. The second-order valence-electron chi connectivity index (χ2n) is 5.75. The smallest absolute Gasteiger partial charge is 0.417 e. The number of fused-ring (bicyclic) bond motifs is 1. The quantitative estimate of drug-likeness (QED) is 0.670. The molecule has 0 fully saturated rings. The van der Waals surface area contributed by atoms with E-state index in [2.05, 4.69) is 9.71 Å². The summed E-state index contributed by atoms with van der Waals surface area (Å²) in [7, 11) is -1.09. The molecule has 0 aliphatic carbocycles. The van der Waals surface area contributed by atoms with Gasteiger partial charge < -0.3 is 13.9 Å². The predicted molar refractivity (Wildman–Crippen MR) is 93.8 cm³/mol. The van der Waals surface area contributed by atoms with Crippen LogP contribution in [0.15, 0.2) is 47.6 Å². The van der Waals surface area contributed by atoms with Crippen molar-refractivity contribution in [3.05, 3.63) is 54.0 Å².